The Morgan fingerprint density at radius 3 is 2.12 bits per heavy atom. The lowest BCUT2D eigenvalue weighted by Crippen LogP contribution is -2.56. The van der Waals surface area contributed by atoms with Gasteiger partial charge in [0.15, 0.2) is 14.1 Å². The number of carbonyl (C=O) groups excluding carboxylic acids is 2. The maximum atomic E-state index is 14.8. The van der Waals surface area contributed by atoms with Crippen molar-refractivity contribution in [3.8, 4) is 11.8 Å². The lowest BCUT2D eigenvalue weighted by molar-refractivity contribution is -0.131. The second-order valence-electron chi connectivity index (χ2n) is 13.9. The number of nitrogens with zero attached hydrogens (tertiary/aromatic N) is 2. The molecule has 2 amide bonds. The van der Waals surface area contributed by atoms with Crippen LogP contribution in [0.15, 0.2) is 30.3 Å². The van der Waals surface area contributed by atoms with E-state index >= 15 is 0 Å². The number of carbonyl (C=O) groups is 2. The normalized spacial score (nSPS) is 14.0. The monoisotopic (exact) mass is 648 g/mol. The molecule has 12 heteroatoms. The van der Waals surface area contributed by atoms with Crippen molar-refractivity contribution in [2.75, 3.05) is 5.32 Å². The zero-order chi connectivity index (χ0) is 33.3. The van der Waals surface area contributed by atoms with Gasteiger partial charge < -0.3 is 14.2 Å². The second kappa shape index (κ2) is 13.1. The molecule has 2 rings (SSSR count). The molecule has 0 saturated heterocycles. The standard InChI is InChI=1S/C31H46ClFN4O4Si2/c1-19-24(16-14-22(18-34)26(19)32)36-27(20(2)40-42(9,10)30(3,4)5)29(39)37(35)28(38)21-13-15-23(33)25(17-21)41-43(11,12)31(6,7)8/h13-17,20,27,36H,35H2,1-12H3. The molecule has 2 aromatic carbocycles. The van der Waals surface area contributed by atoms with Crippen molar-refractivity contribution in [1.82, 2.24) is 5.01 Å². The Hall–Kier alpha value is -2.76. The Labute approximate surface area is 262 Å². The second-order valence-corrected chi connectivity index (χ2v) is 23.8. The van der Waals surface area contributed by atoms with E-state index < -0.39 is 46.4 Å². The number of hydrogen-bond acceptors (Lipinski definition) is 7. The first-order chi connectivity index (χ1) is 19.4. The molecule has 0 heterocycles. The molecule has 0 fully saturated rings. The van der Waals surface area contributed by atoms with Crippen molar-refractivity contribution >= 4 is 45.7 Å². The largest absolute Gasteiger partial charge is 0.542 e. The molecule has 0 spiro atoms. The summed E-state index contributed by atoms with van der Waals surface area (Å²) in [6.45, 7) is 23.8. The van der Waals surface area contributed by atoms with Crippen molar-refractivity contribution in [3.05, 3.63) is 57.9 Å². The third-order valence-corrected chi connectivity index (χ3v) is 18.0. The molecule has 2 atom stereocenters. The van der Waals surface area contributed by atoms with Gasteiger partial charge in [0.1, 0.15) is 17.9 Å². The highest BCUT2D eigenvalue weighted by atomic mass is 35.5. The fraction of sp³-hybridized carbons (Fsp3) is 0.516. The number of rotatable bonds is 9. The van der Waals surface area contributed by atoms with E-state index in [4.69, 9.17) is 26.3 Å². The van der Waals surface area contributed by atoms with Crippen molar-refractivity contribution in [1.29, 1.82) is 5.26 Å². The number of benzene rings is 2. The third kappa shape index (κ3) is 8.25. The molecule has 3 N–H and O–H groups in total. The quantitative estimate of drug-likeness (QED) is 0.123. The minimum Gasteiger partial charge on any atom is -0.542 e. The van der Waals surface area contributed by atoms with Gasteiger partial charge >= 0.3 is 0 Å². The summed E-state index contributed by atoms with van der Waals surface area (Å²) >= 11 is 6.40. The molecule has 0 aliphatic heterocycles. The maximum Gasteiger partial charge on any atom is 0.275 e. The summed E-state index contributed by atoms with van der Waals surface area (Å²) < 4.78 is 27.5. The Balaban J connectivity index is 2.50. The predicted molar refractivity (Wildman–Crippen MR) is 176 cm³/mol. The SMILES string of the molecule is Cc1c(NC(C(=O)N(N)C(=O)c2ccc(F)c(O[Si](C)(C)C(C)(C)C)c2)C(C)O[Si](C)(C)C(C)(C)C)ccc(C#N)c1Cl. The van der Waals surface area contributed by atoms with Gasteiger partial charge in [0.05, 0.1) is 16.7 Å². The lowest BCUT2D eigenvalue weighted by Gasteiger charge is -2.40. The summed E-state index contributed by atoms with van der Waals surface area (Å²) in [7, 11) is -4.80. The first-order valence-corrected chi connectivity index (χ1v) is 20.4. The first-order valence-electron chi connectivity index (χ1n) is 14.2. The molecule has 0 bridgehead atoms. The van der Waals surface area contributed by atoms with Gasteiger partial charge in [0.25, 0.3) is 20.1 Å². The number of nitrogens with one attached hydrogen (secondary N) is 1. The Morgan fingerprint density at radius 1 is 1.05 bits per heavy atom. The van der Waals surface area contributed by atoms with Gasteiger partial charge in [0.2, 0.25) is 0 Å². The number of hydrogen-bond donors (Lipinski definition) is 2. The molecule has 2 unspecified atom stereocenters. The summed E-state index contributed by atoms with van der Waals surface area (Å²) in [4.78, 5) is 27.5. The van der Waals surface area contributed by atoms with E-state index in [1.54, 1.807) is 26.0 Å². The fourth-order valence-corrected chi connectivity index (χ4v) is 6.35. The van der Waals surface area contributed by atoms with Crippen LogP contribution in [0.1, 0.15) is 70.0 Å². The summed E-state index contributed by atoms with van der Waals surface area (Å²) in [6, 6.07) is 7.82. The smallest absolute Gasteiger partial charge is 0.275 e. The average Bonchev–Trinajstić information content (AvgIpc) is 2.87. The van der Waals surface area contributed by atoms with Gasteiger partial charge in [-0.2, -0.15) is 5.26 Å². The van der Waals surface area contributed by atoms with E-state index in [1.165, 1.54) is 12.1 Å². The zero-order valence-corrected chi connectivity index (χ0v) is 30.2. The molecule has 0 aliphatic carbocycles. The van der Waals surface area contributed by atoms with Crippen LogP contribution >= 0.6 is 11.6 Å². The number of nitriles is 1. The minimum atomic E-state index is -2.43. The van der Waals surface area contributed by atoms with Crippen molar-refractivity contribution in [3.63, 3.8) is 0 Å². The molecular formula is C31H46ClFN4O4Si2. The van der Waals surface area contributed by atoms with Gasteiger partial charge in [-0.1, -0.05) is 53.1 Å². The molecule has 0 saturated carbocycles. The number of imide groups is 1. The van der Waals surface area contributed by atoms with E-state index in [1.807, 2.05) is 39.9 Å². The highest BCUT2D eigenvalue weighted by Gasteiger charge is 2.43. The molecule has 43 heavy (non-hydrogen) atoms. The Morgan fingerprint density at radius 2 is 1.60 bits per heavy atom. The van der Waals surface area contributed by atoms with Crippen LogP contribution < -0.4 is 15.6 Å². The number of nitrogens with two attached hydrogens (primary N) is 1. The summed E-state index contributed by atoms with van der Waals surface area (Å²) in [5, 5.41) is 12.9. The van der Waals surface area contributed by atoms with Gasteiger partial charge in [-0.15, -0.1) is 0 Å². The molecule has 0 radical (unpaired) electrons. The van der Waals surface area contributed by atoms with Crippen LogP contribution in [0.2, 0.25) is 41.3 Å². The first kappa shape index (κ1) is 36.4. The number of hydrazine groups is 1. The molecular weight excluding hydrogens is 603 g/mol. The summed E-state index contributed by atoms with van der Waals surface area (Å²) in [5.41, 5.74) is 1.33. The third-order valence-electron chi connectivity index (χ3n) is 8.65. The van der Waals surface area contributed by atoms with Crippen LogP contribution in [0.5, 0.6) is 5.75 Å². The van der Waals surface area contributed by atoms with Crippen molar-refractivity contribution in [2.24, 2.45) is 5.84 Å². The molecule has 236 valence electrons. The zero-order valence-electron chi connectivity index (χ0n) is 27.4. The van der Waals surface area contributed by atoms with Gasteiger partial charge in [-0.3, -0.25) is 9.59 Å². The van der Waals surface area contributed by atoms with E-state index in [2.05, 4.69) is 39.2 Å². The highest BCUT2D eigenvalue weighted by molar-refractivity contribution is 6.75. The topological polar surface area (TPSA) is 118 Å². The minimum absolute atomic E-state index is 0.000255. The molecule has 0 aromatic heterocycles. The van der Waals surface area contributed by atoms with Crippen LogP contribution in [0.4, 0.5) is 10.1 Å². The number of amides is 2. The van der Waals surface area contributed by atoms with Gasteiger partial charge in [0, 0.05) is 11.3 Å². The van der Waals surface area contributed by atoms with Gasteiger partial charge in [-0.25, -0.2) is 15.2 Å². The van der Waals surface area contributed by atoms with Crippen LogP contribution in [-0.2, 0) is 9.22 Å². The lowest BCUT2D eigenvalue weighted by atomic mass is 10.1. The van der Waals surface area contributed by atoms with Crippen molar-refractivity contribution < 1.29 is 22.8 Å². The van der Waals surface area contributed by atoms with E-state index in [9.17, 15) is 19.2 Å². The Bertz CT molecular complexity index is 1410. The molecule has 8 nitrogen and oxygen atoms in total. The molecule has 0 aliphatic rings. The van der Waals surface area contributed by atoms with Gasteiger partial charge in [-0.05, 0) is 86.0 Å². The van der Waals surface area contributed by atoms with E-state index in [-0.39, 0.29) is 26.4 Å². The van der Waals surface area contributed by atoms with Crippen molar-refractivity contribution in [2.45, 2.75) is 104 Å². The molecule has 2 aromatic rings. The fourth-order valence-electron chi connectivity index (χ4n) is 3.72. The number of halogens is 2. The highest BCUT2D eigenvalue weighted by Crippen LogP contribution is 2.39. The summed E-state index contributed by atoms with van der Waals surface area (Å²) in [6.07, 6.45) is -0.716. The van der Waals surface area contributed by atoms with Crippen LogP contribution in [0, 0.1) is 24.1 Å². The van der Waals surface area contributed by atoms with Crippen LogP contribution in [-0.4, -0.2) is 45.6 Å². The van der Waals surface area contributed by atoms with Crippen LogP contribution in [0.3, 0.4) is 0 Å². The maximum absolute atomic E-state index is 14.8. The van der Waals surface area contributed by atoms with Crippen LogP contribution in [0.25, 0.3) is 0 Å². The summed E-state index contributed by atoms with van der Waals surface area (Å²) in [5.74, 6) is 3.93. The Kier molecular flexibility index (Phi) is 11.1. The van der Waals surface area contributed by atoms with E-state index in [0.717, 1.165) is 6.07 Å². The predicted octanol–water partition coefficient (Wildman–Crippen LogP) is 7.78. The average molecular weight is 649 g/mol. The number of anilines is 1. The van der Waals surface area contributed by atoms with E-state index in [0.29, 0.717) is 21.8 Å².